The van der Waals surface area contributed by atoms with E-state index in [1.807, 2.05) is 11.9 Å². The number of hydrogen-bond acceptors (Lipinski definition) is 4. The molecule has 19 heavy (non-hydrogen) atoms. The quantitative estimate of drug-likeness (QED) is 0.711. The summed E-state index contributed by atoms with van der Waals surface area (Å²) in [4.78, 5) is 32.4. The SMILES string of the molecule is CN(C1CCCCC1)C1C(=O)N=C2SCCN2C1=O. The Morgan fingerprint density at radius 2 is 2.00 bits per heavy atom. The van der Waals surface area contributed by atoms with Gasteiger partial charge >= 0.3 is 0 Å². The van der Waals surface area contributed by atoms with Gasteiger partial charge in [0.2, 0.25) is 0 Å². The number of nitrogens with zero attached hydrogens (tertiary/aromatic N) is 3. The number of fused-ring (bicyclic) bond motifs is 1. The lowest BCUT2D eigenvalue weighted by atomic mass is 9.93. The molecule has 0 aromatic carbocycles. The highest BCUT2D eigenvalue weighted by Gasteiger charge is 2.44. The van der Waals surface area contributed by atoms with Crippen molar-refractivity contribution in [3.8, 4) is 0 Å². The van der Waals surface area contributed by atoms with Crippen molar-refractivity contribution in [3.05, 3.63) is 0 Å². The Morgan fingerprint density at radius 1 is 1.26 bits per heavy atom. The molecule has 0 aromatic heterocycles. The van der Waals surface area contributed by atoms with Gasteiger partial charge in [0.1, 0.15) is 0 Å². The van der Waals surface area contributed by atoms with Gasteiger partial charge in [-0.05, 0) is 19.9 Å². The summed E-state index contributed by atoms with van der Waals surface area (Å²) >= 11 is 1.50. The Balaban J connectivity index is 1.79. The minimum Gasteiger partial charge on any atom is -0.289 e. The second kappa shape index (κ2) is 5.25. The third-order valence-electron chi connectivity index (χ3n) is 4.27. The smallest absolute Gasteiger partial charge is 0.275 e. The highest BCUT2D eigenvalue weighted by Crippen LogP contribution is 2.28. The van der Waals surface area contributed by atoms with Gasteiger partial charge in [0.25, 0.3) is 11.8 Å². The number of likely N-dealkylation sites (N-methyl/N-ethyl adjacent to an activating group) is 1. The van der Waals surface area contributed by atoms with Gasteiger partial charge in [0.15, 0.2) is 11.2 Å². The van der Waals surface area contributed by atoms with Crippen molar-refractivity contribution in [2.45, 2.75) is 44.2 Å². The van der Waals surface area contributed by atoms with E-state index in [2.05, 4.69) is 4.99 Å². The molecule has 0 spiro atoms. The van der Waals surface area contributed by atoms with Crippen molar-refractivity contribution < 1.29 is 9.59 Å². The van der Waals surface area contributed by atoms with E-state index in [0.717, 1.165) is 18.6 Å². The van der Waals surface area contributed by atoms with E-state index in [1.165, 1.54) is 31.0 Å². The van der Waals surface area contributed by atoms with Crippen molar-refractivity contribution in [2.24, 2.45) is 4.99 Å². The van der Waals surface area contributed by atoms with E-state index in [0.29, 0.717) is 17.8 Å². The van der Waals surface area contributed by atoms with Crippen LogP contribution in [0.25, 0.3) is 0 Å². The third-order valence-corrected chi connectivity index (χ3v) is 5.23. The van der Waals surface area contributed by atoms with Crippen molar-refractivity contribution in [1.29, 1.82) is 0 Å². The van der Waals surface area contributed by atoms with Crippen LogP contribution in [0.4, 0.5) is 0 Å². The van der Waals surface area contributed by atoms with Gasteiger partial charge in [0, 0.05) is 18.3 Å². The fourth-order valence-electron chi connectivity index (χ4n) is 3.16. The van der Waals surface area contributed by atoms with Crippen molar-refractivity contribution in [1.82, 2.24) is 9.80 Å². The molecule has 5 nitrogen and oxygen atoms in total. The van der Waals surface area contributed by atoms with E-state index in [1.54, 1.807) is 4.90 Å². The molecule has 2 amide bonds. The van der Waals surface area contributed by atoms with Crippen LogP contribution in [0.1, 0.15) is 32.1 Å². The monoisotopic (exact) mass is 281 g/mol. The lowest BCUT2D eigenvalue weighted by Crippen LogP contribution is -2.57. The summed E-state index contributed by atoms with van der Waals surface area (Å²) in [5.74, 6) is 0.490. The number of rotatable bonds is 2. The Labute approximate surface area is 117 Å². The van der Waals surface area contributed by atoms with Crippen LogP contribution in [0, 0.1) is 0 Å². The first-order chi connectivity index (χ1) is 9.18. The summed E-state index contributed by atoms with van der Waals surface area (Å²) < 4.78 is 0. The van der Waals surface area contributed by atoms with Crippen LogP contribution in [0.3, 0.4) is 0 Å². The van der Waals surface area contributed by atoms with E-state index in [4.69, 9.17) is 0 Å². The van der Waals surface area contributed by atoms with Crippen molar-refractivity contribution in [3.63, 3.8) is 0 Å². The van der Waals surface area contributed by atoms with Gasteiger partial charge in [-0.3, -0.25) is 19.4 Å². The molecule has 1 saturated carbocycles. The van der Waals surface area contributed by atoms with Crippen LogP contribution in [-0.2, 0) is 9.59 Å². The molecule has 3 aliphatic rings. The number of hydrogen-bond donors (Lipinski definition) is 0. The molecule has 2 fully saturated rings. The molecule has 1 unspecified atom stereocenters. The largest absolute Gasteiger partial charge is 0.289 e. The molecule has 1 aliphatic carbocycles. The predicted molar refractivity (Wildman–Crippen MR) is 75.0 cm³/mol. The maximum Gasteiger partial charge on any atom is 0.275 e. The summed E-state index contributed by atoms with van der Waals surface area (Å²) in [5, 5.41) is 0.600. The fourth-order valence-corrected chi connectivity index (χ4v) is 4.10. The second-order valence-electron chi connectivity index (χ2n) is 5.43. The minimum atomic E-state index is -0.689. The molecule has 104 valence electrons. The van der Waals surface area contributed by atoms with Gasteiger partial charge in [-0.15, -0.1) is 0 Å². The molecule has 2 aliphatic heterocycles. The lowest BCUT2D eigenvalue weighted by molar-refractivity contribution is -0.141. The average Bonchev–Trinajstić information content (AvgIpc) is 2.88. The first-order valence-electron chi connectivity index (χ1n) is 6.97. The van der Waals surface area contributed by atoms with Crippen molar-refractivity contribution in [2.75, 3.05) is 19.3 Å². The zero-order valence-corrected chi connectivity index (χ0v) is 12.0. The average molecular weight is 281 g/mol. The molecule has 0 radical (unpaired) electrons. The number of carbonyl (C=O) groups excluding carboxylic acids is 2. The normalized spacial score (nSPS) is 28.8. The number of thioether (sulfide) groups is 1. The Kier molecular flexibility index (Phi) is 3.62. The Hall–Kier alpha value is -0.880. The number of amides is 2. The van der Waals surface area contributed by atoms with E-state index in [-0.39, 0.29) is 11.8 Å². The van der Waals surface area contributed by atoms with Gasteiger partial charge in [-0.2, -0.15) is 4.99 Å². The van der Waals surface area contributed by atoms with Gasteiger partial charge in [-0.25, -0.2) is 0 Å². The highest BCUT2D eigenvalue weighted by molar-refractivity contribution is 8.14. The Morgan fingerprint density at radius 3 is 2.74 bits per heavy atom. The second-order valence-corrected chi connectivity index (χ2v) is 6.49. The maximum atomic E-state index is 12.5. The van der Waals surface area contributed by atoms with Crippen LogP contribution >= 0.6 is 11.8 Å². The first-order valence-corrected chi connectivity index (χ1v) is 7.95. The van der Waals surface area contributed by atoms with Crippen molar-refractivity contribution >= 4 is 28.7 Å². The topological polar surface area (TPSA) is 53.0 Å². The summed E-state index contributed by atoms with van der Waals surface area (Å²) in [6.45, 7) is 0.685. The van der Waals surface area contributed by atoms with Crippen LogP contribution in [0.15, 0.2) is 4.99 Å². The summed E-state index contributed by atoms with van der Waals surface area (Å²) in [5.41, 5.74) is 0. The molecule has 2 heterocycles. The molecule has 0 aromatic rings. The zero-order valence-electron chi connectivity index (χ0n) is 11.2. The van der Waals surface area contributed by atoms with Gasteiger partial charge in [-0.1, -0.05) is 31.0 Å². The third kappa shape index (κ3) is 2.31. The van der Waals surface area contributed by atoms with Crippen LogP contribution in [-0.4, -0.2) is 58.2 Å². The minimum absolute atomic E-state index is 0.0759. The first kappa shape index (κ1) is 13.1. The lowest BCUT2D eigenvalue weighted by Gasteiger charge is -2.37. The summed E-state index contributed by atoms with van der Waals surface area (Å²) in [6.07, 6.45) is 5.82. The fraction of sp³-hybridized carbons (Fsp3) is 0.769. The Bertz CT molecular complexity index is 432. The molecule has 0 N–H and O–H groups in total. The standard InChI is InChI=1S/C13H19N3O2S/c1-15(9-5-3-2-4-6-9)10-11(17)14-13-16(12(10)18)7-8-19-13/h9-10H,2-8H2,1H3. The van der Waals surface area contributed by atoms with Crippen LogP contribution < -0.4 is 0 Å². The molecular weight excluding hydrogens is 262 g/mol. The van der Waals surface area contributed by atoms with E-state index in [9.17, 15) is 9.59 Å². The summed E-state index contributed by atoms with van der Waals surface area (Å²) in [7, 11) is 1.90. The summed E-state index contributed by atoms with van der Waals surface area (Å²) in [6, 6.07) is -0.343. The molecule has 1 atom stereocenters. The number of aliphatic imine (C=N–C) groups is 1. The molecular formula is C13H19N3O2S. The highest BCUT2D eigenvalue weighted by atomic mass is 32.2. The van der Waals surface area contributed by atoms with E-state index < -0.39 is 6.04 Å². The van der Waals surface area contributed by atoms with E-state index >= 15 is 0 Å². The molecule has 6 heteroatoms. The molecule has 1 saturated heterocycles. The van der Waals surface area contributed by atoms with Crippen LogP contribution in [0.2, 0.25) is 0 Å². The van der Waals surface area contributed by atoms with Crippen LogP contribution in [0.5, 0.6) is 0 Å². The maximum absolute atomic E-state index is 12.5. The number of amidine groups is 1. The van der Waals surface area contributed by atoms with Gasteiger partial charge < -0.3 is 0 Å². The molecule has 0 bridgehead atoms. The number of carbonyl (C=O) groups is 2. The van der Waals surface area contributed by atoms with Gasteiger partial charge in [0.05, 0.1) is 0 Å². The molecule has 3 rings (SSSR count). The zero-order chi connectivity index (χ0) is 13.4. The predicted octanol–water partition coefficient (Wildman–Crippen LogP) is 1.09.